The molecule has 0 aromatic rings. The highest BCUT2D eigenvalue weighted by molar-refractivity contribution is 7.47. The molecule has 83 heavy (non-hydrogen) atoms. The van der Waals surface area contributed by atoms with Gasteiger partial charge >= 0.3 is 13.8 Å². The van der Waals surface area contributed by atoms with E-state index in [9.17, 15) is 19.0 Å². The molecule has 1 amide bonds. The van der Waals surface area contributed by atoms with E-state index in [-0.39, 0.29) is 31.5 Å². The molecular weight excluding hydrogens is 1050 g/mol. The molecule has 0 aromatic heterocycles. The summed E-state index contributed by atoms with van der Waals surface area (Å²) in [5, 5.41) is 3.05. The molecule has 0 aromatic carbocycles. The maximum atomic E-state index is 13.6. The first kappa shape index (κ1) is 79.7. The van der Waals surface area contributed by atoms with Crippen LogP contribution < -0.4 is 5.32 Å². The van der Waals surface area contributed by atoms with E-state index in [1.165, 1.54) is 141 Å². The number of hydrogen-bond acceptors (Lipinski definition) is 6. The smallest absolute Gasteiger partial charge is 0.456 e. The Morgan fingerprint density at radius 2 is 0.771 bits per heavy atom. The minimum atomic E-state index is -4.47. The summed E-state index contributed by atoms with van der Waals surface area (Å²) in [5.41, 5.74) is 0. The first-order valence-electron chi connectivity index (χ1n) is 34.2. The van der Waals surface area contributed by atoms with Gasteiger partial charge in [-0.1, -0.05) is 272 Å². The Hall–Kier alpha value is -3.33. The fraction of sp³-hybridized carbons (Fsp3) is 0.726. The number of nitrogens with zero attached hydrogens (tertiary/aromatic N) is 1. The molecule has 9 nitrogen and oxygen atoms in total. The van der Waals surface area contributed by atoms with E-state index in [1.54, 1.807) is 0 Å². The van der Waals surface area contributed by atoms with E-state index in [0.717, 1.165) is 109 Å². The van der Waals surface area contributed by atoms with Crippen molar-refractivity contribution in [1.82, 2.24) is 5.32 Å². The third kappa shape index (κ3) is 63.0. The molecule has 0 fully saturated rings. The zero-order valence-electron chi connectivity index (χ0n) is 54.7. The molecule has 0 aliphatic rings. The maximum Gasteiger partial charge on any atom is 0.472 e. The van der Waals surface area contributed by atoms with Gasteiger partial charge in [-0.05, 0) is 115 Å². The average Bonchev–Trinajstić information content (AvgIpc) is 3.46. The van der Waals surface area contributed by atoms with Crippen LogP contribution in [0.4, 0.5) is 0 Å². The Morgan fingerprint density at radius 3 is 1.18 bits per heavy atom. The second kappa shape index (κ2) is 61.7. The maximum absolute atomic E-state index is 13.6. The van der Waals surface area contributed by atoms with Crippen LogP contribution in [0.2, 0.25) is 0 Å². The summed E-state index contributed by atoms with van der Waals surface area (Å²) in [7, 11) is 1.47. The Kier molecular flexibility index (Phi) is 59.3. The minimum absolute atomic E-state index is 0.0297. The van der Waals surface area contributed by atoms with Crippen LogP contribution in [-0.4, -0.2) is 74.3 Å². The van der Waals surface area contributed by atoms with E-state index < -0.39 is 20.0 Å². The van der Waals surface area contributed by atoms with E-state index in [1.807, 2.05) is 33.3 Å². The Balaban J connectivity index is 5.24. The number of likely N-dealkylation sites (N-methyl/N-ethyl adjacent to an activating group) is 1. The largest absolute Gasteiger partial charge is 0.472 e. The number of quaternary nitrogens is 1. The molecule has 0 aliphatic heterocycles. The standard InChI is InChI=1S/C73H129N2O7P/c1-7-10-13-16-19-22-25-28-30-32-34-36-37-39-40-42-44-47-50-53-56-59-62-65-72(76)74-70(69-81-83(78,79)80-68-67-75(4,5)6)71(64-61-58-55-52-49-46-27-24-21-18-15-12-9-3)82-73(77)66-63-60-57-54-51-48-45-43-41-38-35-33-31-29-26-23-20-17-14-11-8-2/h10,13,19-20,22-23,28-31,34,36,39-40,44,47,61,64,70-71H,7-9,11-12,14-18,21,24-27,32-33,35,37-38,41-43,45-46,48-60,62-63,65-69H2,1-6H3,(H-,74,76,78,79)/p+1/b13-10-,22-19-,23-20-,30-28-,31-29-,36-34-,40-39-,47-44-,64-61+. The number of carbonyl (C=O) groups is 2. The first-order valence-corrected chi connectivity index (χ1v) is 35.7. The highest BCUT2D eigenvalue weighted by Gasteiger charge is 2.30. The molecule has 0 bridgehead atoms. The van der Waals surface area contributed by atoms with Crippen LogP contribution >= 0.6 is 7.82 Å². The van der Waals surface area contributed by atoms with Crippen LogP contribution in [0.3, 0.4) is 0 Å². The summed E-state index contributed by atoms with van der Waals surface area (Å²) in [6.45, 7) is 6.87. The van der Waals surface area contributed by atoms with Gasteiger partial charge in [0.2, 0.25) is 5.91 Å². The lowest BCUT2D eigenvalue weighted by Gasteiger charge is -2.27. The number of amides is 1. The van der Waals surface area contributed by atoms with Gasteiger partial charge in [0.25, 0.3) is 0 Å². The van der Waals surface area contributed by atoms with Crippen molar-refractivity contribution in [2.75, 3.05) is 40.9 Å². The van der Waals surface area contributed by atoms with Gasteiger partial charge in [0.05, 0.1) is 33.8 Å². The predicted molar refractivity (Wildman–Crippen MR) is 360 cm³/mol. The second-order valence-electron chi connectivity index (χ2n) is 24.0. The molecule has 3 atom stereocenters. The van der Waals surface area contributed by atoms with Crippen LogP contribution in [0, 0.1) is 0 Å². The average molecular weight is 1180 g/mol. The van der Waals surface area contributed by atoms with Gasteiger partial charge in [-0.15, -0.1) is 0 Å². The monoisotopic (exact) mass is 1180 g/mol. The lowest BCUT2D eigenvalue weighted by molar-refractivity contribution is -0.870. The van der Waals surface area contributed by atoms with E-state index >= 15 is 0 Å². The normalized spacial score (nSPS) is 14.3. The summed E-state index contributed by atoms with van der Waals surface area (Å²) in [6.07, 6.45) is 85.2. The third-order valence-corrected chi connectivity index (χ3v) is 15.7. The van der Waals surface area contributed by atoms with Crippen molar-refractivity contribution < 1.29 is 37.3 Å². The number of esters is 1. The van der Waals surface area contributed by atoms with Crippen LogP contribution in [-0.2, 0) is 27.9 Å². The zero-order chi connectivity index (χ0) is 60.7. The molecule has 0 aliphatic carbocycles. The molecule has 0 spiro atoms. The van der Waals surface area contributed by atoms with Crippen molar-refractivity contribution in [3.05, 3.63) is 109 Å². The summed E-state index contributed by atoms with van der Waals surface area (Å²) < 4.78 is 30.8. The molecule has 478 valence electrons. The first-order chi connectivity index (χ1) is 40.4. The molecule has 0 radical (unpaired) electrons. The van der Waals surface area contributed by atoms with Crippen molar-refractivity contribution in [3.63, 3.8) is 0 Å². The number of hydrogen-bond donors (Lipinski definition) is 2. The van der Waals surface area contributed by atoms with Gasteiger partial charge < -0.3 is 19.4 Å². The number of allylic oxidation sites excluding steroid dienone is 17. The fourth-order valence-corrected chi connectivity index (χ4v) is 10.2. The van der Waals surface area contributed by atoms with Gasteiger partial charge in [-0.3, -0.25) is 18.6 Å². The van der Waals surface area contributed by atoms with Crippen LogP contribution in [0.5, 0.6) is 0 Å². The van der Waals surface area contributed by atoms with Gasteiger partial charge in [0, 0.05) is 12.8 Å². The lowest BCUT2D eigenvalue weighted by Crippen LogP contribution is -2.47. The molecule has 0 saturated heterocycles. The van der Waals surface area contributed by atoms with Gasteiger partial charge in [0.15, 0.2) is 0 Å². The van der Waals surface area contributed by atoms with Crippen LogP contribution in [0.25, 0.3) is 0 Å². The summed E-state index contributed by atoms with van der Waals surface area (Å²) in [6, 6.07) is -0.871. The quantitative estimate of drug-likeness (QED) is 0.0205. The van der Waals surface area contributed by atoms with Crippen LogP contribution in [0.1, 0.15) is 290 Å². The van der Waals surface area contributed by atoms with E-state index in [0.29, 0.717) is 23.9 Å². The molecule has 10 heteroatoms. The number of carbonyl (C=O) groups excluding carboxylic acids is 2. The molecule has 0 heterocycles. The zero-order valence-corrected chi connectivity index (χ0v) is 55.6. The van der Waals surface area contributed by atoms with E-state index in [2.05, 4.69) is 123 Å². The number of phosphoric acid groups is 1. The van der Waals surface area contributed by atoms with Crippen LogP contribution in [0.15, 0.2) is 109 Å². The van der Waals surface area contributed by atoms with Gasteiger partial charge in [0.1, 0.15) is 19.3 Å². The van der Waals surface area contributed by atoms with Gasteiger partial charge in [-0.25, -0.2) is 4.57 Å². The molecule has 0 saturated carbocycles. The second-order valence-corrected chi connectivity index (χ2v) is 25.4. The van der Waals surface area contributed by atoms with Crippen molar-refractivity contribution in [3.8, 4) is 0 Å². The summed E-state index contributed by atoms with van der Waals surface area (Å²) >= 11 is 0. The molecular formula is C73H130N2O7P+. The Labute approximate surface area is 512 Å². The highest BCUT2D eigenvalue weighted by atomic mass is 31.2. The van der Waals surface area contributed by atoms with Crippen molar-refractivity contribution in [2.24, 2.45) is 0 Å². The number of nitrogens with one attached hydrogen (secondary N) is 1. The molecule has 3 unspecified atom stereocenters. The predicted octanol–water partition coefficient (Wildman–Crippen LogP) is 21.7. The third-order valence-electron chi connectivity index (χ3n) is 14.7. The summed E-state index contributed by atoms with van der Waals surface area (Å²) in [5.74, 6) is -0.536. The molecule has 0 rings (SSSR count). The number of phosphoric ester groups is 1. The summed E-state index contributed by atoms with van der Waals surface area (Å²) in [4.78, 5) is 37.9. The lowest BCUT2D eigenvalue weighted by atomic mass is 10.0. The van der Waals surface area contributed by atoms with Gasteiger partial charge in [-0.2, -0.15) is 0 Å². The number of ether oxygens (including phenoxy) is 1. The van der Waals surface area contributed by atoms with Crippen molar-refractivity contribution in [2.45, 2.75) is 303 Å². The topological polar surface area (TPSA) is 111 Å². The number of rotatable bonds is 61. The highest BCUT2D eigenvalue weighted by Crippen LogP contribution is 2.43. The van der Waals surface area contributed by atoms with E-state index in [4.69, 9.17) is 13.8 Å². The Bertz CT molecular complexity index is 1790. The Morgan fingerprint density at radius 1 is 0.434 bits per heavy atom. The SMILES string of the molecule is CC/C=C\C/C=C\C/C=C\C/C=C\C/C=C\C/C=C\CCCCCCC(=O)NC(COP(=O)(O)OCC[N+](C)(C)C)C(/C=C/CCCCCCCCCCCCC)OC(=O)CCCCCCCCCCCCC/C=C\C/C=C\CCCCC. The number of unbranched alkanes of at least 4 members (excludes halogenated alkanes) is 29. The van der Waals surface area contributed by atoms with Crippen molar-refractivity contribution in [1.29, 1.82) is 0 Å². The fourth-order valence-electron chi connectivity index (χ4n) is 9.44. The minimum Gasteiger partial charge on any atom is -0.456 e. The van der Waals surface area contributed by atoms with Crippen molar-refractivity contribution >= 4 is 19.7 Å². The molecule has 2 N–H and O–H groups in total.